The van der Waals surface area contributed by atoms with E-state index in [2.05, 4.69) is 10.2 Å². The van der Waals surface area contributed by atoms with Gasteiger partial charge in [0.05, 0.1) is 0 Å². The minimum absolute atomic E-state index is 0.120. The van der Waals surface area contributed by atoms with Gasteiger partial charge in [0.25, 0.3) is 0 Å². The molecule has 0 aromatic heterocycles. The Labute approximate surface area is 96.5 Å². The number of nitrogens with zero attached hydrogens (tertiary/aromatic N) is 1. The molecule has 1 saturated heterocycles. The van der Waals surface area contributed by atoms with Gasteiger partial charge in [-0.1, -0.05) is 0 Å². The Hall–Kier alpha value is -1.09. The molecule has 1 aliphatic rings. The number of rotatable bonds is 2. The summed E-state index contributed by atoms with van der Waals surface area (Å²) in [6.07, 6.45) is 2.43. The molecule has 1 fully saturated rings. The predicted octanol–water partition coefficient (Wildman–Crippen LogP) is 2.32. The average Bonchev–Trinajstić information content (AvgIpc) is 2.33. The van der Waals surface area contributed by atoms with Crippen LogP contribution in [0.4, 0.5) is 10.1 Å². The zero-order valence-corrected chi connectivity index (χ0v) is 9.96. The number of piperidine rings is 1. The summed E-state index contributed by atoms with van der Waals surface area (Å²) in [4.78, 5) is 2.33. The first-order chi connectivity index (χ1) is 7.70. The molecule has 1 atom stereocenters. The van der Waals surface area contributed by atoms with Gasteiger partial charge < -0.3 is 10.2 Å². The van der Waals surface area contributed by atoms with Gasteiger partial charge in [-0.05, 0) is 50.6 Å². The molecule has 0 amide bonds. The van der Waals surface area contributed by atoms with Gasteiger partial charge in [0.2, 0.25) is 0 Å². The lowest BCUT2D eigenvalue weighted by atomic mass is 10.0. The molecule has 2 nitrogen and oxygen atoms in total. The number of benzene rings is 1. The fraction of sp³-hybridized carbons (Fsp3) is 0.538. The van der Waals surface area contributed by atoms with Crippen LogP contribution in [0.15, 0.2) is 18.2 Å². The molecular weight excluding hydrogens is 203 g/mol. The predicted molar refractivity (Wildman–Crippen MR) is 65.4 cm³/mol. The summed E-state index contributed by atoms with van der Waals surface area (Å²) in [5.41, 5.74) is 1.86. The van der Waals surface area contributed by atoms with Crippen molar-refractivity contribution in [3.63, 3.8) is 0 Å². The van der Waals surface area contributed by atoms with Crippen molar-refractivity contribution in [3.05, 3.63) is 29.6 Å². The van der Waals surface area contributed by atoms with E-state index < -0.39 is 0 Å². The summed E-state index contributed by atoms with van der Waals surface area (Å²) < 4.78 is 13.2. The van der Waals surface area contributed by atoms with Gasteiger partial charge >= 0.3 is 0 Å². The van der Waals surface area contributed by atoms with E-state index in [0.29, 0.717) is 6.04 Å². The zero-order chi connectivity index (χ0) is 11.5. The Bertz CT molecular complexity index is 365. The molecule has 3 heteroatoms. The van der Waals surface area contributed by atoms with Crippen molar-refractivity contribution in [2.45, 2.75) is 25.8 Å². The molecular formula is C13H19FN2. The van der Waals surface area contributed by atoms with Gasteiger partial charge in [-0.15, -0.1) is 0 Å². The minimum Gasteiger partial charge on any atom is -0.370 e. The number of nitrogens with one attached hydrogen (secondary N) is 1. The van der Waals surface area contributed by atoms with Crippen molar-refractivity contribution >= 4 is 5.69 Å². The van der Waals surface area contributed by atoms with Crippen molar-refractivity contribution < 1.29 is 4.39 Å². The summed E-state index contributed by atoms with van der Waals surface area (Å²) in [6.45, 7) is 3.91. The Balaban J connectivity index is 2.13. The average molecular weight is 222 g/mol. The van der Waals surface area contributed by atoms with Crippen LogP contribution in [0.2, 0.25) is 0 Å². The van der Waals surface area contributed by atoms with Crippen LogP contribution in [-0.4, -0.2) is 26.2 Å². The topological polar surface area (TPSA) is 15.3 Å². The van der Waals surface area contributed by atoms with Crippen molar-refractivity contribution in [3.8, 4) is 0 Å². The van der Waals surface area contributed by atoms with Gasteiger partial charge in [-0.2, -0.15) is 0 Å². The second-order valence-corrected chi connectivity index (χ2v) is 4.51. The lowest BCUT2D eigenvalue weighted by Gasteiger charge is -2.34. The molecule has 0 bridgehead atoms. The maximum Gasteiger partial charge on any atom is 0.126 e. The third kappa shape index (κ3) is 2.35. The second-order valence-electron chi connectivity index (χ2n) is 4.51. The zero-order valence-electron chi connectivity index (χ0n) is 9.96. The number of aryl methyl sites for hydroxylation is 1. The number of likely N-dealkylation sites (N-methyl/N-ethyl adjacent to an activating group) is 1. The Morgan fingerprint density at radius 2 is 2.25 bits per heavy atom. The van der Waals surface area contributed by atoms with Crippen LogP contribution >= 0.6 is 0 Å². The third-order valence-corrected chi connectivity index (χ3v) is 3.34. The monoisotopic (exact) mass is 222 g/mol. The van der Waals surface area contributed by atoms with Crippen LogP contribution in [0.5, 0.6) is 0 Å². The van der Waals surface area contributed by atoms with Crippen LogP contribution < -0.4 is 10.2 Å². The Morgan fingerprint density at radius 1 is 1.44 bits per heavy atom. The molecule has 88 valence electrons. The highest BCUT2D eigenvalue weighted by atomic mass is 19.1. The van der Waals surface area contributed by atoms with E-state index in [1.54, 1.807) is 6.07 Å². The molecule has 1 aromatic carbocycles. The minimum atomic E-state index is -0.120. The maximum absolute atomic E-state index is 13.2. The molecule has 0 saturated carbocycles. The van der Waals surface area contributed by atoms with E-state index in [4.69, 9.17) is 0 Å². The molecule has 1 aromatic rings. The lowest BCUT2D eigenvalue weighted by molar-refractivity contribution is 0.449. The van der Waals surface area contributed by atoms with Crippen LogP contribution in [0, 0.1) is 12.7 Å². The van der Waals surface area contributed by atoms with E-state index in [1.165, 1.54) is 12.8 Å². The third-order valence-electron chi connectivity index (χ3n) is 3.34. The van der Waals surface area contributed by atoms with Gasteiger partial charge in [0.15, 0.2) is 0 Å². The largest absolute Gasteiger partial charge is 0.370 e. The van der Waals surface area contributed by atoms with E-state index in [9.17, 15) is 4.39 Å². The maximum atomic E-state index is 13.2. The van der Waals surface area contributed by atoms with Crippen molar-refractivity contribution in [2.75, 3.05) is 25.0 Å². The van der Waals surface area contributed by atoms with Crippen molar-refractivity contribution in [1.82, 2.24) is 5.32 Å². The van der Waals surface area contributed by atoms with E-state index in [1.807, 2.05) is 26.1 Å². The summed E-state index contributed by atoms with van der Waals surface area (Å²) in [7, 11) is 2.00. The van der Waals surface area contributed by atoms with Gasteiger partial charge in [0.1, 0.15) is 5.82 Å². The van der Waals surface area contributed by atoms with Crippen LogP contribution in [0.25, 0.3) is 0 Å². The van der Waals surface area contributed by atoms with E-state index in [-0.39, 0.29) is 5.82 Å². The van der Waals surface area contributed by atoms with Gasteiger partial charge in [-0.3, -0.25) is 0 Å². The van der Waals surface area contributed by atoms with Gasteiger partial charge in [-0.25, -0.2) is 4.39 Å². The molecule has 1 heterocycles. The summed E-state index contributed by atoms with van der Waals surface area (Å²) in [5.74, 6) is -0.120. The van der Waals surface area contributed by atoms with E-state index >= 15 is 0 Å². The first-order valence-electron chi connectivity index (χ1n) is 5.89. The Morgan fingerprint density at radius 3 is 2.94 bits per heavy atom. The number of hydrogen-bond donors (Lipinski definition) is 1. The number of anilines is 1. The highest BCUT2D eigenvalue weighted by Gasteiger charge is 2.18. The smallest absolute Gasteiger partial charge is 0.126 e. The summed E-state index contributed by atoms with van der Waals surface area (Å²) in [6, 6.07) is 5.93. The molecule has 1 N–H and O–H groups in total. The number of hydrogen-bond acceptors (Lipinski definition) is 2. The normalized spacial score (nSPS) is 21.2. The second kappa shape index (κ2) is 4.83. The summed E-state index contributed by atoms with van der Waals surface area (Å²) in [5, 5.41) is 3.31. The molecule has 1 unspecified atom stereocenters. The molecule has 2 rings (SSSR count). The molecule has 16 heavy (non-hydrogen) atoms. The standard InChI is InChI=1S/C13H19FN2/c1-10-8-12(5-6-13(10)14)16-7-3-4-11(9-16)15-2/h5-6,8,11,15H,3-4,7,9H2,1-2H3. The van der Waals surface area contributed by atoms with Crippen LogP contribution in [-0.2, 0) is 0 Å². The highest BCUT2D eigenvalue weighted by Crippen LogP contribution is 2.22. The van der Waals surface area contributed by atoms with Crippen LogP contribution in [0.3, 0.4) is 0 Å². The first kappa shape index (κ1) is 11.4. The molecule has 0 spiro atoms. The Kier molecular flexibility index (Phi) is 3.44. The van der Waals surface area contributed by atoms with Crippen molar-refractivity contribution in [2.24, 2.45) is 0 Å². The first-order valence-corrected chi connectivity index (χ1v) is 5.89. The molecule has 0 radical (unpaired) electrons. The molecule has 1 aliphatic heterocycles. The lowest BCUT2D eigenvalue weighted by Crippen LogP contribution is -2.44. The number of halogens is 1. The van der Waals surface area contributed by atoms with E-state index in [0.717, 1.165) is 24.3 Å². The fourth-order valence-electron chi connectivity index (χ4n) is 2.27. The van der Waals surface area contributed by atoms with Gasteiger partial charge in [0, 0.05) is 24.8 Å². The van der Waals surface area contributed by atoms with Crippen LogP contribution in [0.1, 0.15) is 18.4 Å². The summed E-state index contributed by atoms with van der Waals surface area (Å²) >= 11 is 0. The fourth-order valence-corrected chi connectivity index (χ4v) is 2.27. The highest BCUT2D eigenvalue weighted by molar-refractivity contribution is 5.49. The quantitative estimate of drug-likeness (QED) is 0.826. The SMILES string of the molecule is CNC1CCCN(c2ccc(F)c(C)c2)C1. The molecule has 0 aliphatic carbocycles. The van der Waals surface area contributed by atoms with Crippen molar-refractivity contribution in [1.29, 1.82) is 0 Å².